The highest BCUT2D eigenvalue weighted by atomic mass is 79.9. The van der Waals surface area contributed by atoms with Crippen molar-refractivity contribution in [2.75, 3.05) is 13.7 Å². The topological polar surface area (TPSA) is 21.3 Å². The number of ether oxygens (including phenoxy) is 1. The molecule has 0 saturated heterocycles. The number of halogens is 2. The van der Waals surface area contributed by atoms with Crippen LogP contribution in [-0.2, 0) is 0 Å². The normalized spacial score (nSPS) is 12.4. The molecule has 0 aliphatic heterocycles. The molecule has 1 unspecified atom stereocenters. The van der Waals surface area contributed by atoms with Crippen molar-refractivity contribution in [3.63, 3.8) is 0 Å². The molecule has 5 heteroatoms. The molecule has 0 saturated carbocycles. The van der Waals surface area contributed by atoms with E-state index < -0.39 is 0 Å². The van der Waals surface area contributed by atoms with E-state index in [4.69, 9.17) is 4.74 Å². The van der Waals surface area contributed by atoms with E-state index in [0.29, 0.717) is 11.3 Å². The summed E-state index contributed by atoms with van der Waals surface area (Å²) in [5, 5.41) is 3.43. The molecule has 0 aliphatic carbocycles. The van der Waals surface area contributed by atoms with Crippen LogP contribution in [-0.4, -0.2) is 13.7 Å². The molecule has 1 N–H and O–H groups in total. The minimum Gasteiger partial charge on any atom is -0.496 e. The third-order valence-electron chi connectivity index (χ3n) is 3.22. The second-order valence-electron chi connectivity index (χ2n) is 4.81. The fourth-order valence-corrected chi connectivity index (χ4v) is 4.25. The average molecular weight is 372 g/mol. The quantitative estimate of drug-likeness (QED) is 0.766. The lowest BCUT2D eigenvalue weighted by molar-refractivity contribution is 0.397. The molecule has 0 radical (unpaired) electrons. The Morgan fingerprint density at radius 1 is 1.43 bits per heavy atom. The molecular weight excluding hydrogens is 353 g/mol. The summed E-state index contributed by atoms with van der Waals surface area (Å²) >= 11 is 5.25. The van der Waals surface area contributed by atoms with Gasteiger partial charge in [0, 0.05) is 14.2 Å². The first-order chi connectivity index (χ1) is 10.1. The standard InChI is InChI=1S/C16H19BrFNOS/c1-4-8-19-15(16-11(17)9-10(2)21-16)14-12(18)6-5-7-13(14)20-3/h5-7,9,15,19H,4,8H2,1-3H3. The van der Waals surface area contributed by atoms with E-state index in [0.717, 1.165) is 22.3 Å². The molecule has 0 amide bonds. The van der Waals surface area contributed by atoms with Crippen LogP contribution in [0.1, 0.15) is 34.7 Å². The number of hydrogen-bond donors (Lipinski definition) is 1. The van der Waals surface area contributed by atoms with E-state index in [1.54, 1.807) is 30.6 Å². The maximum Gasteiger partial charge on any atom is 0.132 e. The number of thiophene rings is 1. The number of rotatable bonds is 6. The molecule has 2 rings (SSSR count). The first-order valence-electron chi connectivity index (χ1n) is 6.90. The molecule has 1 aromatic heterocycles. The van der Waals surface area contributed by atoms with E-state index in [2.05, 4.69) is 34.2 Å². The van der Waals surface area contributed by atoms with Crippen LogP contribution in [0.25, 0.3) is 0 Å². The predicted molar refractivity (Wildman–Crippen MR) is 89.8 cm³/mol. The van der Waals surface area contributed by atoms with E-state index >= 15 is 0 Å². The van der Waals surface area contributed by atoms with Gasteiger partial charge < -0.3 is 10.1 Å². The van der Waals surface area contributed by atoms with Gasteiger partial charge in [0.05, 0.1) is 18.7 Å². The van der Waals surface area contributed by atoms with Crippen molar-refractivity contribution in [3.05, 3.63) is 49.9 Å². The third kappa shape index (κ3) is 3.65. The van der Waals surface area contributed by atoms with Gasteiger partial charge in [0.15, 0.2) is 0 Å². The SMILES string of the molecule is CCCNC(c1sc(C)cc1Br)c1c(F)cccc1OC. The van der Waals surface area contributed by atoms with Crippen molar-refractivity contribution in [3.8, 4) is 5.75 Å². The second kappa shape index (κ2) is 7.38. The fourth-order valence-electron chi connectivity index (χ4n) is 2.29. The zero-order chi connectivity index (χ0) is 15.4. The summed E-state index contributed by atoms with van der Waals surface area (Å²) in [4.78, 5) is 2.26. The summed E-state index contributed by atoms with van der Waals surface area (Å²) in [6.07, 6.45) is 0.981. The van der Waals surface area contributed by atoms with Crippen LogP contribution in [0.15, 0.2) is 28.7 Å². The van der Waals surface area contributed by atoms with Crippen LogP contribution in [0.3, 0.4) is 0 Å². The van der Waals surface area contributed by atoms with E-state index in [-0.39, 0.29) is 11.9 Å². The lowest BCUT2D eigenvalue weighted by Gasteiger charge is -2.21. The number of hydrogen-bond acceptors (Lipinski definition) is 3. The zero-order valence-electron chi connectivity index (χ0n) is 12.4. The monoisotopic (exact) mass is 371 g/mol. The van der Waals surface area contributed by atoms with E-state index in [9.17, 15) is 4.39 Å². The average Bonchev–Trinajstić information content (AvgIpc) is 2.79. The van der Waals surface area contributed by atoms with Crippen molar-refractivity contribution in [1.29, 1.82) is 0 Å². The maximum atomic E-state index is 14.4. The molecule has 0 bridgehead atoms. The van der Waals surface area contributed by atoms with Crippen molar-refractivity contribution in [2.45, 2.75) is 26.3 Å². The molecule has 0 fully saturated rings. The van der Waals surface area contributed by atoms with Crippen molar-refractivity contribution in [2.24, 2.45) is 0 Å². The van der Waals surface area contributed by atoms with E-state index in [1.807, 2.05) is 6.92 Å². The Morgan fingerprint density at radius 3 is 2.76 bits per heavy atom. The fraction of sp³-hybridized carbons (Fsp3) is 0.375. The molecular formula is C16H19BrFNOS. The number of nitrogens with one attached hydrogen (secondary N) is 1. The molecule has 2 aromatic rings. The Kier molecular flexibility index (Phi) is 5.79. The highest BCUT2D eigenvalue weighted by Crippen LogP contribution is 2.39. The Hall–Kier alpha value is -0.910. The van der Waals surface area contributed by atoms with Crippen molar-refractivity contribution >= 4 is 27.3 Å². The number of methoxy groups -OCH3 is 1. The van der Waals surface area contributed by atoms with Gasteiger partial charge in [0.1, 0.15) is 11.6 Å². The Balaban J connectivity index is 2.53. The van der Waals surface area contributed by atoms with Crippen LogP contribution in [0.5, 0.6) is 5.75 Å². The molecule has 1 heterocycles. The van der Waals surface area contributed by atoms with Crippen LogP contribution in [0.4, 0.5) is 4.39 Å². The van der Waals surface area contributed by atoms with Gasteiger partial charge in [-0.15, -0.1) is 11.3 Å². The summed E-state index contributed by atoms with van der Waals surface area (Å²) in [6, 6.07) is 6.80. The first kappa shape index (κ1) is 16.5. The van der Waals surface area contributed by atoms with Gasteiger partial charge in [-0.05, 0) is 54.0 Å². The van der Waals surface area contributed by atoms with Gasteiger partial charge >= 0.3 is 0 Å². The highest BCUT2D eigenvalue weighted by Gasteiger charge is 2.25. The predicted octanol–water partition coefficient (Wildman–Crippen LogP) is 5.06. The lowest BCUT2D eigenvalue weighted by atomic mass is 10.0. The Bertz CT molecular complexity index is 614. The van der Waals surface area contributed by atoms with Crippen molar-refractivity contribution < 1.29 is 9.13 Å². The molecule has 1 atom stereocenters. The first-order valence-corrected chi connectivity index (χ1v) is 8.51. The van der Waals surface area contributed by atoms with Crippen molar-refractivity contribution in [1.82, 2.24) is 5.32 Å². The summed E-state index contributed by atoms with van der Waals surface area (Å²) in [5.74, 6) is 0.322. The smallest absolute Gasteiger partial charge is 0.132 e. The Morgan fingerprint density at radius 2 is 2.19 bits per heavy atom. The summed E-state index contributed by atoms with van der Waals surface area (Å²) in [7, 11) is 1.57. The number of aryl methyl sites for hydroxylation is 1. The molecule has 1 aromatic carbocycles. The van der Waals surface area contributed by atoms with E-state index in [1.165, 1.54) is 10.9 Å². The molecule has 0 aliphatic rings. The summed E-state index contributed by atoms with van der Waals surface area (Å²) in [5.41, 5.74) is 0.566. The summed E-state index contributed by atoms with van der Waals surface area (Å²) in [6.45, 7) is 4.96. The summed E-state index contributed by atoms with van der Waals surface area (Å²) < 4.78 is 20.8. The van der Waals surface area contributed by atoms with Crippen LogP contribution in [0, 0.1) is 12.7 Å². The Labute approximate surface area is 137 Å². The number of benzene rings is 1. The minimum atomic E-state index is -0.249. The highest BCUT2D eigenvalue weighted by molar-refractivity contribution is 9.10. The largest absolute Gasteiger partial charge is 0.496 e. The van der Waals surface area contributed by atoms with Crippen LogP contribution < -0.4 is 10.1 Å². The van der Waals surface area contributed by atoms with Gasteiger partial charge in [0.25, 0.3) is 0 Å². The minimum absolute atomic E-state index is 0.214. The third-order valence-corrected chi connectivity index (χ3v) is 5.25. The molecule has 114 valence electrons. The molecule has 2 nitrogen and oxygen atoms in total. The van der Waals surface area contributed by atoms with Gasteiger partial charge in [-0.25, -0.2) is 4.39 Å². The van der Waals surface area contributed by atoms with Gasteiger partial charge in [-0.1, -0.05) is 13.0 Å². The van der Waals surface area contributed by atoms with Gasteiger partial charge in [0.2, 0.25) is 0 Å². The van der Waals surface area contributed by atoms with Gasteiger partial charge in [-0.3, -0.25) is 0 Å². The zero-order valence-corrected chi connectivity index (χ0v) is 14.8. The molecule has 0 spiro atoms. The molecule has 21 heavy (non-hydrogen) atoms. The van der Waals surface area contributed by atoms with Gasteiger partial charge in [-0.2, -0.15) is 0 Å². The van der Waals surface area contributed by atoms with Crippen LogP contribution in [0.2, 0.25) is 0 Å². The maximum absolute atomic E-state index is 14.4. The lowest BCUT2D eigenvalue weighted by Crippen LogP contribution is -2.24. The second-order valence-corrected chi connectivity index (χ2v) is 6.95. The van der Waals surface area contributed by atoms with Crippen LogP contribution >= 0.6 is 27.3 Å².